The summed E-state index contributed by atoms with van der Waals surface area (Å²) in [5.41, 5.74) is 0.884. The summed E-state index contributed by atoms with van der Waals surface area (Å²) >= 11 is 0. The van der Waals surface area contributed by atoms with E-state index in [1.807, 2.05) is 24.3 Å². The molecule has 3 heteroatoms. The predicted octanol–water partition coefficient (Wildman–Crippen LogP) is 2.51. The number of benzene rings is 1. The van der Waals surface area contributed by atoms with Crippen LogP contribution in [0.5, 0.6) is 5.75 Å². The van der Waals surface area contributed by atoms with Crippen molar-refractivity contribution < 1.29 is 9.84 Å². The van der Waals surface area contributed by atoms with E-state index in [1.165, 1.54) is 12.8 Å². The Bertz CT molecular complexity index is 381. The highest BCUT2D eigenvalue weighted by molar-refractivity contribution is 5.35. The first-order chi connectivity index (χ1) is 8.76. The maximum absolute atomic E-state index is 10.5. The molecule has 1 aliphatic heterocycles. The van der Waals surface area contributed by atoms with E-state index < -0.39 is 6.10 Å². The molecule has 2 N–H and O–H groups in total. The lowest BCUT2D eigenvalue weighted by Gasteiger charge is -2.33. The van der Waals surface area contributed by atoms with Crippen molar-refractivity contribution in [1.82, 2.24) is 5.32 Å². The van der Waals surface area contributed by atoms with Gasteiger partial charge in [0.05, 0.1) is 13.2 Å². The molecule has 0 spiro atoms. The van der Waals surface area contributed by atoms with Crippen LogP contribution >= 0.6 is 0 Å². The van der Waals surface area contributed by atoms with Crippen molar-refractivity contribution >= 4 is 0 Å². The first-order valence-corrected chi connectivity index (χ1v) is 6.80. The predicted molar refractivity (Wildman–Crippen MR) is 72.8 cm³/mol. The van der Waals surface area contributed by atoms with Gasteiger partial charge < -0.3 is 15.2 Å². The molecule has 1 fully saturated rings. The lowest BCUT2D eigenvalue weighted by molar-refractivity contribution is 0.0955. The topological polar surface area (TPSA) is 41.5 Å². The molecule has 0 radical (unpaired) electrons. The molecule has 0 aromatic heterocycles. The number of aliphatic hydroxyl groups excluding tert-OH is 1. The van der Waals surface area contributed by atoms with Gasteiger partial charge in [0.2, 0.25) is 0 Å². The molecule has 1 aromatic carbocycles. The number of hydrogen-bond donors (Lipinski definition) is 2. The number of methoxy groups -OCH3 is 1. The third-order valence-electron chi connectivity index (χ3n) is 3.96. The molecule has 100 valence electrons. The van der Waals surface area contributed by atoms with Gasteiger partial charge in [-0.3, -0.25) is 0 Å². The van der Waals surface area contributed by atoms with Crippen molar-refractivity contribution in [2.45, 2.75) is 38.3 Å². The molecule has 0 bridgehead atoms. The van der Waals surface area contributed by atoms with Crippen LogP contribution in [0.3, 0.4) is 0 Å². The summed E-state index contributed by atoms with van der Waals surface area (Å²) in [6.45, 7) is 3.22. The molecule has 18 heavy (non-hydrogen) atoms. The molecule has 1 aromatic rings. The van der Waals surface area contributed by atoms with Crippen LogP contribution in [0.25, 0.3) is 0 Å². The highest BCUT2D eigenvalue weighted by Crippen LogP contribution is 2.32. The molecule has 1 heterocycles. The van der Waals surface area contributed by atoms with Crippen LogP contribution in [-0.4, -0.2) is 24.8 Å². The summed E-state index contributed by atoms with van der Waals surface area (Å²) in [6.07, 6.45) is 2.95. The molecule has 1 aliphatic rings. The third kappa shape index (κ3) is 2.85. The number of aliphatic hydroxyl groups is 1. The molecule has 3 unspecified atom stereocenters. The Hall–Kier alpha value is -1.06. The minimum absolute atomic E-state index is 0.139. The zero-order valence-electron chi connectivity index (χ0n) is 11.2. The first kappa shape index (κ1) is 13.4. The summed E-state index contributed by atoms with van der Waals surface area (Å²) in [5.74, 6) is 1.49. The van der Waals surface area contributed by atoms with Crippen LogP contribution in [0.1, 0.15) is 37.9 Å². The maximum Gasteiger partial charge on any atom is 0.124 e. The molecule has 2 rings (SSSR count). The van der Waals surface area contributed by atoms with Crippen LogP contribution in [0.2, 0.25) is 0 Å². The second kappa shape index (κ2) is 6.21. The van der Waals surface area contributed by atoms with E-state index in [-0.39, 0.29) is 6.04 Å². The second-order valence-corrected chi connectivity index (χ2v) is 5.05. The Morgan fingerprint density at radius 1 is 1.44 bits per heavy atom. The van der Waals surface area contributed by atoms with Gasteiger partial charge in [-0.05, 0) is 31.4 Å². The minimum Gasteiger partial charge on any atom is -0.496 e. The van der Waals surface area contributed by atoms with Crippen molar-refractivity contribution in [1.29, 1.82) is 0 Å². The van der Waals surface area contributed by atoms with E-state index in [1.54, 1.807) is 7.11 Å². The Balaban J connectivity index is 2.12. The number of para-hydroxylation sites is 1. The van der Waals surface area contributed by atoms with Crippen LogP contribution in [-0.2, 0) is 0 Å². The zero-order chi connectivity index (χ0) is 13.0. The number of ether oxygens (including phenoxy) is 1. The van der Waals surface area contributed by atoms with E-state index >= 15 is 0 Å². The van der Waals surface area contributed by atoms with Gasteiger partial charge in [0.1, 0.15) is 5.75 Å². The Kier molecular flexibility index (Phi) is 4.61. The molecule has 3 atom stereocenters. The lowest BCUT2D eigenvalue weighted by Crippen LogP contribution is -2.42. The molecular formula is C15H23NO2. The number of nitrogens with one attached hydrogen (secondary N) is 1. The molecular weight excluding hydrogens is 226 g/mol. The van der Waals surface area contributed by atoms with Crippen molar-refractivity contribution in [3.05, 3.63) is 29.8 Å². The molecule has 3 nitrogen and oxygen atoms in total. The molecule has 1 saturated heterocycles. The van der Waals surface area contributed by atoms with Crippen LogP contribution in [0.15, 0.2) is 24.3 Å². The SMILES string of the molecule is CCC1CCNC(C(O)c2ccccc2OC)C1. The first-order valence-electron chi connectivity index (χ1n) is 6.80. The fourth-order valence-electron chi connectivity index (χ4n) is 2.77. The van der Waals surface area contributed by atoms with Gasteiger partial charge in [0.15, 0.2) is 0 Å². The standard InChI is InChI=1S/C15H23NO2/c1-3-11-8-9-16-13(10-11)15(17)12-6-4-5-7-14(12)18-2/h4-7,11,13,15-17H,3,8-10H2,1-2H3. The van der Waals surface area contributed by atoms with Gasteiger partial charge in [-0.1, -0.05) is 31.5 Å². The van der Waals surface area contributed by atoms with Crippen molar-refractivity contribution in [3.63, 3.8) is 0 Å². The van der Waals surface area contributed by atoms with Gasteiger partial charge in [0.25, 0.3) is 0 Å². The second-order valence-electron chi connectivity index (χ2n) is 5.05. The van der Waals surface area contributed by atoms with E-state index in [4.69, 9.17) is 4.74 Å². The van der Waals surface area contributed by atoms with Gasteiger partial charge in [-0.15, -0.1) is 0 Å². The van der Waals surface area contributed by atoms with Crippen LogP contribution < -0.4 is 10.1 Å². The average Bonchev–Trinajstić information content (AvgIpc) is 2.46. The summed E-state index contributed by atoms with van der Waals surface area (Å²) < 4.78 is 5.32. The molecule has 0 aliphatic carbocycles. The highest BCUT2D eigenvalue weighted by Gasteiger charge is 2.28. The van der Waals surface area contributed by atoms with Gasteiger partial charge in [-0.25, -0.2) is 0 Å². The van der Waals surface area contributed by atoms with Crippen molar-refractivity contribution in [2.75, 3.05) is 13.7 Å². The van der Waals surface area contributed by atoms with Gasteiger partial charge >= 0.3 is 0 Å². The van der Waals surface area contributed by atoms with E-state index in [2.05, 4.69) is 12.2 Å². The van der Waals surface area contributed by atoms with E-state index in [0.717, 1.165) is 30.2 Å². The van der Waals surface area contributed by atoms with Crippen LogP contribution in [0, 0.1) is 5.92 Å². The van der Waals surface area contributed by atoms with E-state index in [0.29, 0.717) is 0 Å². The largest absolute Gasteiger partial charge is 0.496 e. The zero-order valence-corrected chi connectivity index (χ0v) is 11.2. The fourth-order valence-corrected chi connectivity index (χ4v) is 2.77. The lowest BCUT2D eigenvalue weighted by atomic mass is 9.86. The smallest absolute Gasteiger partial charge is 0.124 e. The Morgan fingerprint density at radius 3 is 2.94 bits per heavy atom. The van der Waals surface area contributed by atoms with Crippen molar-refractivity contribution in [3.8, 4) is 5.75 Å². The van der Waals surface area contributed by atoms with Gasteiger partial charge in [-0.2, -0.15) is 0 Å². The molecule has 0 saturated carbocycles. The van der Waals surface area contributed by atoms with Crippen molar-refractivity contribution in [2.24, 2.45) is 5.92 Å². The Morgan fingerprint density at radius 2 is 2.22 bits per heavy atom. The summed E-state index contributed by atoms with van der Waals surface area (Å²) in [5, 5.41) is 14.0. The van der Waals surface area contributed by atoms with Crippen LogP contribution in [0.4, 0.5) is 0 Å². The normalized spacial score (nSPS) is 25.7. The maximum atomic E-state index is 10.5. The van der Waals surface area contributed by atoms with Gasteiger partial charge in [0, 0.05) is 11.6 Å². The highest BCUT2D eigenvalue weighted by atomic mass is 16.5. The average molecular weight is 249 g/mol. The quantitative estimate of drug-likeness (QED) is 0.861. The number of hydrogen-bond acceptors (Lipinski definition) is 3. The molecule has 0 amide bonds. The van der Waals surface area contributed by atoms with E-state index in [9.17, 15) is 5.11 Å². The third-order valence-corrected chi connectivity index (χ3v) is 3.96. The summed E-state index contributed by atoms with van der Waals surface area (Å²) in [4.78, 5) is 0. The Labute approximate surface area is 109 Å². The number of piperidine rings is 1. The minimum atomic E-state index is -0.490. The fraction of sp³-hybridized carbons (Fsp3) is 0.600. The number of rotatable bonds is 4. The monoisotopic (exact) mass is 249 g/mol. The summed E-state index contributed by atoms with van der Waals surface area (Å²) in [6, 6.07) is 7.86. The summed E-state index contributed by atoms with van der Waals surface area (Å²) in [7, 11) is 1.65.